The van der Waals surface area contributed by atoms with Crippen LogP contribution >= 0.6 is 0 Å². The Morgan fingerprint density at radius 3 is 2.21 bits per heavy atom. The van der Waals surface area contributed by atoms with Crippen LogP contribution in [0.5, 0.6) is 0 Å². The monoisotopic (exact) mass is 402 g/mol. The Bertz CT molecular complexity index is 981. The summed E-state index contributed by atoms with van der Waals surface area (Å²) in [4.78, 5) is 13.1. The third-order valence-corrected chi connectivity index (χ3v) is 6.09. The zero-order valence-corrected chi connectivity index (χ0v) is 18.5. The van der Waals surface area contributed by atoms with E-state index in [1.54, 1.807) is 13.0 Å². The zero-order valence-electron chi connectivity index (χ0n) is 17.7. The van der Waals surface area contributed by atoms with Crippen LogP contribution in [-0.4, -0.2) is 26.6 Å². The van der Waals surface area contributed by atoms with Crippen LogP contribution in [0.3, 0.4) is 0 Å². The van der Waals surface area contributed by atoms with Gasteiger partial charge in [0.1, 0.15) is 6.04 Å². The predicted molar refractivity (Wildman–Crippen MR) is 117 cm³/mol. The third-order valence-electron chi connectivity index (χ3n) is 4.87. The van der Waals surface area contributed by atoms with Crippen molar-refractivity contribution in [3.8, 4) is 0 Å². The topological polar surface area (TPSA) is 66.5 Å². The van der Waals surface area contributed by atoms with E-state index in [4.69, 9.17) is 0 Å². The molecule has 0 aromatic heterocycles. The van der Waals surface area contributed by atoms with Crippen molar-refractivity contribution in [3.05, 3.63) is 58.7 Å². The Labute approximate surface area is 168 Å². The second-order valence-electron chi connectivity index (χ2n) is 7.71. The molecule has 0 unspecified atom stereocenters. The van der Waals surface area contributed by atoms with Gasteiger partial charge >= 0.3 is 0 Å². The minimum absolute atomic E-state index is 0.232. The van der Waals surface area contributed by atoms with Crippen LogP contribution in [0.2, 0.25) is 0 Å². The van der Waals surface area contributed by atoms with E-state index >= 15 is 0 Å². The lowest BCUT2D eigenvalue weighted by molar-refractivity contribution is -0.116. The van der Waals surface area contributed by atoms with Gasteiger partial charge in [-0.3, -0.25) is 9.10 Å². The lowest BCUT2D eigenvalue weighted by Gasteiger charge is -2.30. The molecule has 152 valence electrons. The number of amides is 1. The summed E-state index contributed by atoms with van der Waals surface area (Å²) < 4.78 is 26.4. The number of rotatable bonds is 6. The molecule has 0 aliphatic rings. The summed E-state index contributed by atoms with van der Waals surface area (Å²) in [6.07, 6.45) is 1.13. The second-order valence-corrected chi connectivity index (χ2v) is 9.57. The first-order valence-electron chi connectivity index (χ1n) is 9.40. The van der Waals surface area contributed by atoms with Gasteiger partial charge in [0.15, 0.2) is 0 Å². The first kappa shape index (κ1) is 22.0. The summed E-state index contributed by atoms with van der Waals surface area (Å²) >= 11 is 0. The maximum Gasteiger partial charge on any atom is 0.248 e. The number of hydrogen-bond acceptors (Lipinski definition) is 3. The number of aryl methyl sites for hydroxylation is 3. The number of anilines is 2. The van der Waals surface area contributed by atoms with Gasteiger partial charge in [0.25, 0.3) is 0 Å². The number of benzene rings is 2. The number of para-hydroxylation sites is 1. The third kappa shape index (κ3) is 4.73. The number of hydrogen-bond donors (Lipinski definition) is 1. The Balaban J connectivity index is 2.46. The zero-order chi connectivity index (χ0) is 21.2. The van der Waals surface area contributed by atoms with Crippen LogP contribution in [0.4, 0.5) is 11.4 Å². The number of nitrogens with zero attached hydrogens (tertiary/aromatic N) is 1. The van der Waals surface area contributed by atoms with Crippen molar-refractivity contribution in [2.45, 2.75) is 53.5 Å². The normalized spacial score (nSPS) is 12.7. The van der Waals surface area contributed by atoms with E-state index in [0.29, 0.717) is 5.69 Å². The van der Waals surface area contributed by atoms with Crippen molar-refractivity contribution in [2.75, 3.05) is 15.9 Å². The average molecular weight is 403 g/mol. The molecule has 0 aliphatic carbocycles. The molecule has 1 amide bonds. The van der Waals surface area contributed by atoms with Crippen molar-refractivity contribution in [2.24, 2.45) is 0 Å². The van der Waals surface area contributed by atoms with Crippen LogP contribution in [0.15, 0.2) is 36.4 Å². The molecule has 0 saturated carbocycles. The highest BCUT2D eigenvalue weighted by Crippen LogP contribution is 2.30. The Morgan fingerprint density at radius 1 is 1.00 bits per heavy atom. The maximum atomic E-state index is 13.1. The van der Waals surface area contributed by atoms with E-state index in [-0.39, 0.29) is 11.8 Å². The summed E-state index contributed by atoms with van der Waals surface area (Å²) in [6, 6.07) is 10.6. The Morgan fingerprint density at radius 2 is 1.64 bits per heavy atom. The van der Waals surface area contributed by atoms with Crippen LogP contribution < -0.4 is 9.62 Å². The van der Waals surface area contributed by atoms with Gasteiger partial charge in [-0.1, -0.05) is 44.2 Å². The Hall–Kier alpha value is -2.34. The fourth-order valence-electron chi connectivity index (χ4n) is 3.31. The number of carbonyl (C=O) groups is 1. The van der Waals surface area contributed by atoms with Gasteiger partial charge < -0.3 is 5.32 Å². The highest BCUT2D eigenvalue weighted by Gasteiger charge is 2.30. The van der Waals surface area contributed by atoms with Crippen molar-refractivity contribution in [1.29, 1.82) is 0 Å². The molecule has 0 spiro atoms. The van der Waals surface area contributed by atoms with Crippen molar-refractivity contribution in [1.82, 2.24) is 0 Å². The van der Waals surface area contributed by atoms with Gasteiger partial charge in [-0.15, -0.1) is 0 Å². The van der Waals surface area contributed by atoms with Crippen LogP contribution in [0, 0.1) is 20.8 Å². The van der Waals surface area contributed by atoms with E-state index in [2.05, 4.69) is 19.2 Å². The highest BCUT2D eigenvalue weighted by molar-refractivity contribution is 7.92. The van der Waals surface area contributed by atoms with Crippen molar-refractivity contribution >= 4 is 27.3 Å². The quantitative estimate of drug-likeness (QED) is 0.772. The molecule has 0 aliphatic heterocycles. The molecule has 0 bridgehead atoms. The van der Waals surface area contributed by atoms with E-state index in [0.717, 1.165) is 34.2 Å². The van der Waals surface area contributed by atoms with Gasteiger partial charge in [0.05, 0.1) is 11.9 Å². The molecule has 0 heterocycles. The largest absolute Gasteiger partial charge is 0.324 e. The van der Waals surface area contributed by atoms with Gasteiger partial charge in [-0.2, -0.15) is 0 Å². The fraction of sp³-hybridized carbons (Fsp3) is 0.409. The molecule has 0 radical (unpaired) electrons. The molecule has 28 heavy (non-hydrogen) atoms. The molecule has 0 fully saturated rings. The van der Waals surface area contributed by atoms with Crippen LogP contribution in [0.25, 0.3) is 0 Å². The van der Waals surface area contributed by atoms with E-state index < -0.39 is 16.1 Å². The smallest absolute Gasteiger partial charge is 0.248 e. The van der Waals surface area contributed by atoms with Gasteiger partial charge in [0, 0.05) is 5.69 Å². The van der Waals surface area contributed by atoms with Gasteiger partial charge in [0.2, 0.25) is 15.9 Å². The molecule has 1 atom stereocenters. The minimum Gasteiger partial charge on any atom is -0.324 e. The lowest BCUT2D eigenvalue weighted by atomic mass is 9.98. The number of nitrogens with one attached hydrogen (secondary N) is 1. The van der Waals surface area contributed by atoms with E-state index in [9.17, 15) is 13.2 Å². The van der Waals surface area contributed by atoms with Crippen molar-refractivity contribution in [3.63, 3.8) is 0 Å². The molecular weight excluding hydrogens is 372 g/mol. The molecule has 2 aromatic rings. The second kappa shape index (κ2) is 8.35. The minimum atomic E-state index is -3.66. The first-order chi connectivity index (χ1) is 12.9. The Kier molecular flexibility index (Phi) is 6.55. The predicted octanol–water partition coefficient (Wildman–Crippen LogP) is 4.53. The first-order valence-corrected chi connectivity index (χ1v) is 11.2. The van der Waals surface area contributed by atoms with Crippen LogP contribution in [-0.2, 0) is 14.8 Å². The lowest BCUT2D eigenvalue weighted by Crippen LogP contribution is -2.45. The highest BCUT2D eigenvalue weighted by atomic mass is 32.2. The summed E-state index contributed by atoms with van der Waals surface area (Å²) in [5.41, 5.74) is 4.99. The average Bonchev–Trinajstić information content (AvgIpc) is 2.58. The molecule has 0 saturated heterocycles. The molecule has 2 aromatic carbocycles. The van der Waals surface area contributed by atoms with Gasteiger partial charge in [-0.25, -0.2) is 8.42 Å². The molecule has 5 nitrogen and oxygen atoms in total. The maximum absolute atomic E-state index is 13.1. The van der Waals surface area contributed by atoms with E-state index in [1.165, 1.54) is 4.31 Å². The molecular formula is C22H30N2O3S. The number of sulfonamides is 1. The fourth-order valence-corrected chi connectivity index (χ4v) is 4.53. The standard InChI is InChI=1S/C22H30N2O3S/c1-14(2)19-10-8-9-17(5)21(19)23-22(25)18(6)24(28(7,26)27)20-13-15(3)11-12-16(20)4/h8-14,18H,1-7H3,(H,23,25)/t18-/m0/s1. The van der Waals surface area contributed by atoms with Crippen molar-refractivity contribution < 1.29 is 13.2 Å². The summed E-state index contributed by atoms with van der Waals surface area (Å²) in [5.74, 6) is -0.127. The molecule has 1 N–H and O–H groups in total. The number of carbonyl (C=O) groups excluding carboxylic acids is 1. The molecule has 6 heteroatoms. The molecule has 2 rings (SSSR count). The summed E-state index contributed by atoms with van der Waals surface area (Å²) in [7, 11) is -3.66. The summed E-state index contributed by atoms with van der Waals surface area (Å²) in [6.45, 7) is 11.4. The SMILES string of the molecule is Cc1ccc(C)c(N([C@@H](C)C(=O)Nc2c(C)cccc2C(C)C)S(C)(=O)=O)c1. The van der Waals surface area contributed by atoms with E-state index in [1.807, 2.05) is 51.1 Å². The summed E-state index contributed by atoms with van der Waals surface area (Å²) in [5, 5.41) is 2.97. The van der Waals surface area contributed by atoms with Crippen LogP contribution in [0.1, 0.15) is 48.9 Å². The van der Waals surface area contributed by atoms with Gasteiger partial charge in [-0.05, 0) is 61.9 Å².